The molecular formula is C24H20ClN3O5. The van der Waals surface area contributed by atoms with E-state index in [2.05, 4.69) is 4.98 Å². The molecule has 1 amide bonds. The molecule has 0 fully saturated rings. The molecule has 0 N–H and O–H groups in total. The van der Waals surface area contributed by atoms with Crippen molar-refractivity contribution >= 4 is 40.9 Å². The molecule has 8 nitrogen and oxygen atoms in total. The fraction of sp³-hybridized carbons (Fsp3) is 0.125. The molecule has 168 valence electrons. The summed E-state index contributed by atoms with van der Waals surface area (Å²) in [4.78, 5) is 41.1. The van der Waals surface area contributed by atoms with Crippen molar-refractivity contribution < 1.29 is 19.2 Å². The molecule has 3 rings (SSSR count). The maximum absolute atomic E-state index is 13.1. The van der Waals surface area contributed by atoms with Gasteiger partial charge in [0.25, 0.3) is 11.6 Å². The Morgan fingerprint density at radius 3 is 2.58 bits per heavy atom. The number of nitrogens with zero attached hydrogens (tertiary/aromatic N) is 3. The second-order valence-corrected chi connectivity index (χ2v) is 7.26. The van der Waals surface area contributed by atoms with Crippen molar-refractivity contribution in [1.82, 2.24) is 4.98 Å². The number of ether oxygens (including phenoxy) is 1. The van der Waals surface area contributed by atoms with Gasteiger partial charge in [-0.3, -0.25) is 19.9 Å². The third kappa shape index (κ3) is 6.24. The number of halogens is 1. The van der Waals surface area contributed by atoms with Crippen LogP contribution < -0.4 is 4.90 Å². The SMILES string of the molecule is CCOC(=O)c1ccc(N(Cc2cccnc2)C(=O)/C=C/c2ccc(Cl)c([N+](=O)[O-])c2)cc1. The molecule has 0 aliphatic heterocycles. The van der Waals surface area contributed by atoms with Crippen molar-refractivity contribution in [3.63, 3.8) is 0 Å². The van der Waals surface area contributed by atoms with E-state index in [1.165, 1.54) is 29.2 Å². The van der Waals surface area contributed by atoms with E-state index in [-0.39, 0.29) is 29.8 Å². The van der Waals surface area contributed by atoms with Gasteiger partial charge in [-0.05, 0) is 60.5 Å². The Morgan fingerprint density at radius 1 is 1.18 bits per heavy atom. The van der Waals surface area contributed by atoms with Crippen LogP contribution in [0, 0.1) is 10.1 Å². The quantitative estimate of drug-likeness (QED) is 0.199. The van der Waals surface area contributed by atoms with Crippen molar-refractivity contribution in [2.75, 3.05) is 11.5 Å². The van der Waals surface area contributed by atoms with Crippen LogP contribution in [0.4, 0.5) is 11.4 Å². The van der Waals surface area contributed by atoms with Gasteiger partial charge in [0, 0.05) is 30.2 Å². The highest BCUT2D eigenvalue weighted by molar-refractivity contribution is 6.32. The number of esters is 1. The number of hydrogen-bond donors (Lipinski definition) is 0. The minimum atomic E-state index is -0.582. The van der Waals surface area contributed by atoms with Crippen molar-refractivity contribution in [2.24, 2.45) is 0 Å². The third-order valence-electron chi connectivity index (χ3n) is 4.60. The molecule has 1 aromatic heterocycles. The Kier molecular flexibility index (Phi) is 7.88. The number of nitro groups is 1. The molecule has 0 saturated carbocycles. The summed E-state index contributed by atoms with van der Waals surface area (Å²) in [6, 6.07) is 14.4. The summed E-state index contributed by atoms with van der Waals surface area (Å²) < 4.78 is 5.00. The van der Waals surface area contributed by atoms with Crippen LogP contribution in [0.3, 0.4) is 0 Å². The summed E-state index contributed by atoms with van der Waals surface area (Å²) in [5.41, 5.74) is 1.95. The summed E-state index contributed by atoms with van der Waals surface area (Å²) in [6.07, 6.45) is 6.09. The first kappa shape index (κ1) is 23.6. The zero-order valence-corrected chi connectivity index (χ0v) is 18.4. The number of aromatic nitrogens is 1. The van der Waals surface area contributed by atoms with Gasteiger partial charge < -0.3 is 9.64 Å². The van der Waals surface area contributed by atoms with Crippen LogP contribution in [0.1, 0.15) is 28.4 Å². The number of carbonyl (C=O) groups is 2. The summed E-state index contributed by atoms with van der Waals surface area (Å²) in [7, 11) is 0. The normalized spacial score (nSPS) is 10.7. The number of rotatable bonds is 8. The Hall–Kier alpha value is -4.04. The average Bonchev–Trinajstić information content (AvgIpc) is 2.82. The first-order valence-electron chi connectivity index (χ1n) is 9.98. The smallest absolute Gasteiger partial charge is 0.338 e. The molecule has 0 radical (unpaired) electrons. The van der Waals surface area contributed by atoms with Gasteiger partial charge in [-0.2, -0.15) is 0 Å². The van der Waals surface area contributed by atoms with Crippen molar-refractivity contribution in [3.8, 4) is 0 Å². The number of benzene rings is 2. The number of pyridine rings is 1. The summed E-state index contributed by atoms with van der Waals surface area (Å²) in [5.74, 6) is -0.807. The summed E-state index contributed by atoms with van der Waals surface area (Å²) >= 11 is 5.85. The molecule has 0 atom stereocenters. The number of nitro benzene ring substituents is 1. The molecule has 1 heterocycles. The largest absolute Gasteiger partial charge is 0.462 e. The lowest BCUT2D eigenvalue weighted by atomic mass is 10.1. The Balaban J connectivity index is 1.88. The Bertz CT molecular complexity index is 1180. The molecule has 33 heavy (non-hydrogen) atoms. The van der Waals surface area contributed by atoms with Gasteiger partial charge in [-0.25, -0.2) is 4.79 Å². The minimum Gasteiger partial charge on any atom is -0.462 e. The predicted molar refractivity (Wildman–Crippen MR) is 125 cm³/mol. The van der Waals surface area contributed by atoms with Crippen molar-refractivity contribution in [2.45, 2.75) is 13.5 Å². The topological polar surface area (TPSA) is 103 Å². The van der Waals surface area contributed by atoms with Gasteiger partial charge in [0.1, 0.15) is 5.02 Å². The van der Waals surface area contributed by atoms with Crippen LogP contribution in [0.5, 0.6) is 0 Å². The van der Waals surface area contributed by atoms with Gasteiger partial charge in [-0.1, -0.05) is 23.7 Å². The minimum absolute atomic E-state index is 0.0170. The lowest BCUT2D eigenvalue weighted by molar-refractivity contribution is -0.384. The van der Waals surface area contributed by atoms with Gasteiger partial charge >= 0.3 is 5.97 Å². The molecule has 2 aromatic carbocycles. The van der Waals surface area contributed by atoms with E-state index in [0.717, 1.165) is 5.56 Å². The van der Waals surface area contributed by atoms with Crippen molar-refractivity contribution in [3.05, 3.63) is 105 Å². The first-order valence-corrected chi connectivity index (χ1v) is 10.4. The van der Waals surface area contributed by atoms with Crippen LogP contribution in [0.25, 0.3) is 6.08 Å². The molecule has 9 heteroatoms. The number of amides is 1. The maximum atomic E-state index is 13.1. The van der Waals surface area contributed by atoms with Gasteiger partial charge in [0.15, 0.2) is 0 Å². The van der Waals surface area contributed by atoms with E-state index in [0.29, 0.717) is 16.8 Å². The van der Waals surface area contributed by atoms with Gasteiger partial charge in [0.05, 0.1) is 23.6 Å². The average molecular weight is 466 g/mol. The highest BCUT2D eigenvalue weighted by atomic mass is 35.5. The van der Waals surface area contributed by atoms with Crippen LogP contribution in [0.2, 0.25) is 5.02 Å². The van der Waals surface area contributed by atoms with E-state index < -0.39 is 10.9 Å². The highest BCUT2D eigenvalue weighted by Crippen LogP contribution is 2.26. The second-order valence-electron chi connectivity index (χ2n) is 6.85. The fourth-order valence-electron chi connectivity index (χ4n) is 2.99. The molecule has 0 unspecified atom stereocenters. The van der Waals surface area contributed by atoms with E-state index in [9.17, 15) is 19.7 Å². The molecule has 0 bridgehead atoms. The highest BCUT2D eigenvalue weighted by Gasteiger charge is 2.16. The second kappa shape index (κ2) is 11.0. The number of anilines is 1. The first-order chi connectivity index (χ1) is 15.9. The predicted octanol–water partition coefficient (Wildman–Crippen LogP) is 5.07. The Morgan fingerprint density at radius 2 is 1.94 bits per heavy atom. The molecule has 0 aliphatic carbocycles. The van der Waals surface area contributed by atoms with E-state index in [1.807, 2.05) is 6.07 Å². The summed E-state index contributed by atoms with van der Waals surface area (Å²) in [5, 5.41) is 11.1. The molecule has 0 saturated heterocycles. The molecule has 0 spiro atoms. The maximum Gasteiger partial charge on any atom is 0.338 e. The van der Waals surface area contributed by atoms with Crippen molar-refractivity contribution in [1.29, 1.82) is 0 Å². The van der Waals surface area contributed by atoms with Crippen LogP contribution >= 0.6 is 11.6 Å². The molecule has 0 aliphatic rings. The zero-order valence-electron chi connectivity index (χ0n) is 17.7. The lowest BCUT2D eigenvalue weighted by Gasteiger charge is -2.22. The van der Waals surface area contributed by atoms with Gasteiger partial charge in [0.2, 0.25) is 0 Å². The zero-order chi connectivity index (χ0) is 23.8. The number of carbonyl (C=O) groups excluding carboxylic acids is 2. The Labute approximate surface area is 195 Å². The van der Waals surface area contributed by atoms with Crippen LogP contribution in [0.15, 0.2) is 73.1 Å². The number of hydrogen-bond acceptors (Lipinski definition) is 6. The molecular weight excluding hydrogens is 446 g/mol. The fourth-order valence-corrected chi connectivity index (χ4v) is 3.18. The molecule has 3 aromatic rings. The summed E-state index contributed by atoms with van der Waals surface area (Å²) in [6.45, 7) is 2.22. The van der Waals surface area contributed by atoms with E-state index in [4.69, 9.17) is 16.3 Å². The van der Waals surface area contributed by atoms with E-state index in [1.54, 1.807) is 55.7 Å². The standard InChI is InChI=1S/C24H20ClN3O5/c1-2-33-24(30)19-7-9-20(10-8-19)27(16-18-4-3-13-26-15-18)23(29)12-6-17-5-11-21(25)22(14-17)28(31)32/h3-15H,2,16H2,1H3/b12-6+. The van der Waals surface area contributed by atoms with Gasteiger partial charge in [-0.15, -0.1) is 0 Å². The monoisotopic (exact) mass is 465 g/mol. The third-order valence-corrected chi connectivity index (χ3v) is 4.92. The lowest BCUT2D eigenvalue weighted by Crippen LogP contribution is -2.28. The van der Waals surface area contributed by atoms with Crippen LogP contribution in [-0.2, 0) is 16.1 Å². The van der Waals surface area contributed by atoms with Crippen LogP contribution in [-0.4, -0.2) is 28.4 Å². The van der Waals surface area contributed by atoms with E-state index >= 15 is 0 Å².